The van der Waals surface area contributed by atoms with E-state index in [9.17, 15) is 4.79 Å². The monoisotopic (exact) mass is 272 g/mol. The standard InChI is InChI=1S/C15H16O.2C2H6/c1-3-4-8-13(2)11-12-15(16)14-9-6-5-7-10-14;2*1-2/h3-12H,1-2H3;2*1-2H3/b4-3-,12-11+,13-8+;;. The Balaban J connectivity index is 0. The molecule has 0 N–H and O–H groups in total. The fourth-order valence-corrected chi connectivity index (χ4v) is 1.21. The molecular weight excluding hydrogens is 244 g/mol. The van der Waals surface area contributed by atoms with Crippen molar-refractivity contribution in [1.82, 2.24) is 0 Å². The molecule has 1 aromatic carbocycles. The molecule has 0 atom stereocenters. The average Bonchev–Trinajstić information content (AvgIpc) is 2.55. The van der Waals surface area contributed by atoms with E-state index in [-0.39, 0.29) is 5.78 Å². The first-order valence-corrected chi connectivity index (χ1v) is 7.31. The highest BCUT2D eigenvalue weighted by Crippen LogP contribution is 2.03. The van der Waals surface area contributed by atoms with Gasteiger partial charge < -0.3 is 0 Å². The van der Waals surface area contributed by atoms with Gasteiger partial charge in [-0.1, -0.05) is 87.9 Å². The maximum atomic E-state index is 11.7. The molecule has 0 aromatic heterocycles. The van der Waals surface area contributed by atoms with Gasteiger partial charge in [-0.2, -0.15) is 0 Å². The second-order valence-electron chi connectivity index (χ2n) is 3.50. The molecule has 1 rings (SSSR count). The van der Waals surface area contributed by atoms with Crippen molar-refractivity contribution >= 4 is 5.78 Å². The summed E-state index contributed by atoms with van der Waals surface area (Å²) in [6, 6.07) is 9.26. The van der Waals surface area contributed by atoms with Crippen LogP contribution in [0.3, 0.4) is 0 Å². The van der Waals surface area contributed by atoms with Gasteiger partial charge in [-0.25, -0.2) is 0 Å². The molecule has 0 aliphatic carbocycles. The Morgan fingerprint density at radius 3 is 2.00 bits per heavy atom. The van der Waals surface area contributed by atoms with Crippen LogP contribution in [0.1, 0.15) is 51.9 Å². The van der Waals surface area contributed by atoms with Crippen molar-refractivity contribution < 1.29 is 4.79 Å². The lowest BCUT2D eigenvalue weighted by molar-refractivity contribution is 0.104. The van der Waals surface area contributed by atoms with Crippen LogP contribution in [0.15, 0.2) is 66.3 Å². The van der Waals surface area contributed by atoms with Crippen molar-refractivity contribution in [3.8, 4) is 0 Å². The highest BCUT2D eigenvalue weighted by Gasteiger charge is 1.98. The molecule has 0 aliphatic rings. The van der Waals surface area contributed by atoms with Crippen LogP contribution in [0.4, 0.5) is 0 Å². The van der Waals surface area contributed by atoms with E-state index >= 15 is 0 Å². The van der Waals surface area contributed by atoms with E-state index in [1.807, 2.05) is 96.2 Å². The van der Waals surface area contributed by atoms with Crippen LogP contribution in [0, 0.1) is 0 Å². The highest BCUT2D eigenvalue weighted by molar-refractivity contribution is 6.04. The highest BCUT2D eigenvalue weighted by atomic mass is 16.1. The molecule has 0 aliphatic heterocycles. The second-order valence-corrected chi connectivity index (χ2v) is 3.50. The van der Waals surface area contributed by atoms with Gasteiger partial charge in [0.05, 0.1) is 0 Å². The number of hydrogen-bond acceptors (Lipinski definition) is 1. The Morgan fingerprint density at radius 1 is 0.950 bits per heavy atom. The van der Waals surface area contributed by atoms with Crippen LogP contribution in [0.2, 0.25) is 0 Å². The molecule has 0 fully saturated rings. The van der Waals surface area contributed by atoms with E-state index in [0.717, 1.165) is 11.1 Å². The molecule has 110 valence electrons. The van der Waals surface area contributed by atoms with Gasteiger partial charge in [-0.05, 0) is 19.9 Å². The normalized spacial score (nSPS) is 10.6. The topological polar surface area (TPSA) is 17.1 Å². The fraction of sp³-hybridized carbons (Fsp3) is 0.316. The minimum absolute atomic E-state index is 0.0360. The van der Waals surface area contributed by atoms with Crippen LogP contribution in [-0.4, -0.2) is 5.78 Å². The van der Waals surface area contributed by atoms with Gasteiger partial charge in [0.15, 0.2) is 5.78 Å². The summed E-state index contributed by atoms with van der Waals surface area (Å²) in [6.07, 6.45) is 9.30. The Kier molecular flexibility index (Phi) is 15.5. The summed E-state index contributed by atoms with van der Waals surface area (Å²) in [7, 11) is 0. The van der Waals surface area contributed by atoms with Crippen molar-refractivity contribution in [3.05, 3.63) is 71.8 Å². The van der Waals surface area contributed by atoms with Crippen molar-refractivity contribution in [3.63, 3.8) is 0 Å². The number of carbonyl (C=O) groups is 1. The number of allylic oxidation sites excluding steroid dienone is 6. The Labute approximate surface area is 124 Å². The summed E-state index contributed by atoms with van der Waals surface area (Å²) in [4.78, 5) is 11.7. The Bertz CT molecular complexity index is 422. The van der Waals surface area contributed by atoms with Gasteiger partial charge in [-0.3, -0.25) is 4.79 Å². The summed E-state index contributed by atoms with van der Waals surface area (Å²) >= 11 is 0. The minimum atomic E-state index is 0.0360. The van der Waals surface area contributed by atoms with E-state index in [2.05, 4.69) is 0 Å². The van der Waals surface area contributed by atoms with Crippen LogP contribution in [-0.2, 0) is 0 Å². The minimum Gasteiger partial charge on any atom is -0.289 e. The number of carbonyl (C=O) groups excluding carboxylic acids is 1. The summed E-state index contributed by atoms with van der Waals surface area (Å²) in [6.45, 7) is 11.9. The molecule has 1 nitrogen and oxygen atoms in total. The zero-order chi connectivity index (χ0) is 15.8. The van der Waals surface area contributed by atoms with Crippen LogP contribution < -0.4 is 0 Å². The molecule has 0 heterocycles. The number of benzene rings is 1. The zero-order valence-corrected chi connectivity index (χ0v) is 13.7. The largest absolute Gasteiger partial charge is 0.289 e. The molecule has 0 saturated carbocycles. The number of rotatable bonds is 4. The van der Waals surface area contributed by atoms with E-state index in [0.29, 0.717) is 0 Å². The quantitative estimate of drug-likeness (QED) is 0.373. The predicted molar refractivity (Wildman–Crippen MR) is 91.2 cm³/mol. The van der Waals surface area contributed by atoms with Gasteiger partial charge in [0.2, 0.25) is 0 Å². The lowest BCUT2D eigenvalue weighted by atomic mass is 10.1. The van der Waals surface area contributed by atoms with Gasteiger partial charge >= 0.3 is 0 Å². The van der Waals surface area contributed by atoms with Gasteiger partial charge in [-0.15, -0.1) is 0 Å². The summed E-state index contributed by atoms with van der Waals surface area (Å²) < 4.78 is 0. The third-order valence-electron chi connectivity index (χ3n) is 2.11. The van der Waals surface area contributed by atoms with Crippen molar-refractivity contribution in [2.24, 2.45) is 0 Å². The molecule has 0 bridgehead atoms. The molecule has 1 heteroatoms. The third kappa shape index (κ3) is 10.1. The average molecular weight is 272 g/mol. The van der Waals surface area contributed by atoms with Gasteiger partial charge in [0, 0.05) is 5.56 Å². The lowest BCUT2D eigenvalue weighted by Gasteiger charge is -1.94. The van der Waals surface area contributed by atoms with E-state index in [4.69, 9.17) is 0 Å². The van der Waals surface area contributed by atoms with Crippen molar-refractivity contribution in [2.75, 3.05) is 0 Å². The molecular formula is C19H28O. The van der Waals surface area contributed by atoms with E-state index < -0.39 is 0 Å². The van der Waals surface area contributed by atoms with E-state index in [1.54, 1.807) is 6.08 Å². The number of ketones is 1. The first kappa shape index (κ1) is 20.4. The van der Waals surface area contributed by atoms with Crippen LogP contribution in [0.5, 0.6) is 0 Å². The molecule has 0 unspecified atom stereocenters. The first-order chi connectivity index (χ1) is 9.74. The number of hydrogen-bond donors (Lipinski definition) is 0. The smallest absolute Gasteiger partial charge is 0.185 e. The van der Waals surface area contributed by atoms with E-state index in [1.165, 1.54) is 0 Å². The molecule has 1 aromatic rings. The molecule has 0 radical (unpaired) electrons. The Morgan fingerprint density at radius 2 is 1.50 bits per heavy atom. The van der Waals surface area contributed by atoms with Gasteiger partial charge in [0.25, 0.3) is 0 Å². The zero-order valence-electron chi connectivity index (χ0n) is 13.7. The third-order valence-corrected chi connectivity index (χ3v) is 2.11. The molecule has 0 saturated heterocycles. The second kappa shape index (κ2) is 15.2. The maximum Gasteiger partial charge on any atom is 0.185 e. The molecule has 0 spiro atoms. The maximum absolute atomic E-state index is 11.7. The summed E-state index contributed by atoms with van der Waals surface area (Å²) in [5.41, 5.74) is 1.78. The fourth-order valence-electron chi connectivity index (χ4n) is 1.21. The Hall–Kier alpha value is -1.89. The van der Waals surface area contributed by atoms with Crippen molar-refractivity contribution in [1.29, 1.82) is 0 Å². The summed E-state index contributed by atoms with van der Waals surface area (Å²) in [5.74, 6) is 0.0360. The van der Waals surface area contributed by atoms with Crippen molar-refractivity contribution in [2.45, 2.75) is 41.5 Å². The van der Waals surface area contributed by atoms with Crippen LogP contribution in [0.25, 0.3) is 0 Å². The summed E-state index contributed by atoms with van der Waals surface area (Å²) in [5, 5.41) is 0. The van der Waals surface area contributed by atoms with Crippen LogP contribution >= 0.6 is 0 Å². The SMILES string of the molecule is CC.CC.C\C=C/C=C(C)/C=C/C(=O)c1ccccc1. The van der Waals surface area contributed by atoms with Gasteiger partial charge in [0.1, 0.15) is 0 Å². The lowest BCUT2D eigenvalue weighted by Crippen LogP contribution is -1.92. The first-order valence-electron chi connectivity index (χ1n) is 7.31. The predicted octanol–water partition coefficient (Wildman–Crippen LogP) is 6.00. The molecule has 20 heavy (non-hydrogen) atoms. The molecule has 0 amide bonds.